The van der Waals surface area contributed by atoms with E-state index >= 15 is 0 Å². The van der Waals surface area contributed by atoms with Gasteiger partial charge in [-0.3, -0.25) is 4.79 Å². The standard InChI is InChI=1S/C22H21BrN6O2/c1-14-19(26-27-29(14)17-8-5-7-16(23)13-17)22(30)25-20(21-24-10-11-28(21)2)15-6-4-9-18(12-15)31-3/h4-13,20H,1-3H3,(H,25,30). The zero-order valence-corrected chi connectivity index (χ0v) is 18.9. The first-order valence-corrected chi connectivity index (χ1v) is 10.4. The highest BCUT2D eigenvalue weighted by Crippen LogP contribution is 2.25. The van der Waals surface area contributed by atoms with Gasteiger partial charge in [0.05, 0.1) is 18.5 Å². The van der Waals surface area contributed by atoms with Crippen LogP contribution in [0.3, 0.4) is 0 Å². The summed E-state index contributed by atoms with van der Waals surface area (Å²) in [5, 5.41) is 11.4. The summed E-state index contributed by atoms with van der Waals surface area (Å²) >= 11 is 3.46. The summed E-state index contributed by atoms with van der Waals surface area (Å²) in [4.78, 5) is 17.7. The van der Waals surface area contributed by atoms with E-state index in [2.05, 4.69) is 36.5 Å². The van der Waals surface area contributed by atoms with Gasteiger partial charge in [-0.2, -0.15) is 0 Å². The molecule has 0 spiro atoms. The number of hydrogen-bond acceptors (Lipinski definition) is 5. The first-order chi connectivity index (χ1) is 15.0. The van der Waals surface area contributed by atoms with E-state index in [-0.39, 0.29) is 11.6 Å². The molecule has 8 nitrogen and oxygen atoms in total. The maximum atomic E-state index is 13.2. The molecule has 0 aliphatic carbocycles. The van der Waals surface area contributed by atoms with Crippen LogP contribution in [0.5, 0.6) is 5.75 Å². The largest absolute Gasteiger partial charge is 0.497 e. The SMILES string of the molecule is COc1cccc(C(NC(=O)c2nnn(-c3cccc(Br)c3)c2C)c2nccn2C)c1. The van der Waals surface area contributed by atoms with Crippen molar-refractivity contribution in [2.24, 2.45) is 7.05 Å². The van der Waals surface area contributed by atoms with Crippen molar-refractivity contribution >= 4 is 21.8 Å². The van der Waals surface area contributed by atoms with E-state index in [0.29, 0.717) is 17.3 Å². The Labute approximate surface area is 188 Å². The average molecular weight is 481 g/mol. The quantitative estimate of drug-likeness (QED) is 0.455. The molecule has 1 amide bonds. The number of nitrogens with one attached hydrogen (secondary N) is 1. The lowest BCUT2D eigenvalue weighted by Gasteiger charge is -2.19. The van der Waals surface area contributed by atoms with Crippen LogP contribution in [-0.4, -0.2) is 37.6 Å². The van der Waals surface area contributed by atoms with Crippen LogP contribution in [-0.2, 0) is 7.05 Å². The summed E-state index contributed by atoms with van der Waals surface area (Å²) in [7, 11) is 3.49. The number of carbonyl (C=O) groups is 1. The first-order valence-electron chi connectivity index (χ1n) is 9.58. The monoisotopic (exact) mass is 480 g/mol. The van der Waals surface area contributed by atoms with Crippen molar-refractivity contribution in [2.75, 3.05) is 7.11 Å². The van der Waals surface area contributed by atoms with E-state index in [9.17, 15) is 4.79 Å². The smallest absolute Gasteiger partial charge is 0.274 e. The lowest BCUT2D eigenvalue weighted by Crippen LogP contribution is -2.32. The zero-order valence-electron chi connectivity index (χ0n) is 17.3. The molecule has 0 radical (unpaired) electrons. The number of aryl methyl sites for hydroxylation is 1. The molecule has 0 fully saturated rings. The van der Waals surface area contributed by atoms with Crippen LogP contribution >= 0.6 is 15.9 Å². The number of amides is 1. The van der Waals surface area contributed by atoms with Gasteiger partial charge in [0.15, 0.2) is 5.69 Å². The zero-order chi connectivity index (χ0) is 22.0. The molecular weight excluding hydrogens is 460 g/mol. The Morgan fingerprint density at radius 1 is 1.19 bits per heavy atom. The molecule has 0 bridgehead atoms. The molecule has 4 rings (SSSR count). The number of rotatable bonds is 6. The molecule has 31 heavy (non-hydrogen) atoms. The number of benzene rings is 2. The normalized spacial score (nSPS) is 11.9. The number of aromatic nitrogens is 5. The molecule has 2 heterocycles. The molecule has 0 saturated heterocycles. The third-order valence-corrected chi connectivity index (χ3v) is 5.47. The maximum Gasteiger partial charge on any atom is 0.274 e. The molecule has 2 aromatic heterocycles. The van der Waals surface area contributed by atoms with Crippen LogP contribution in [0.4, 0.5) is 0 Å². The molecule has 9 heteroatoms. The van der Waals surface area contributed by atoms with Gasteiger partial charge in [-0.15, -0.1) is 5.10 Å². The summed E-state index contributed by atoms with van der Waals surface area (Å²) in [6, 6.07) is 14.7. The summed E-state index contributed by atoms with van der Waals surface area (Å²) in [5.74, 6) is 1.05. The third kappa shape index (κ3) is 4.22. The molecule has 1 atom stereocenters. The second-order valence-corrected chi connectivity index (χ2v) is 7.91. The van der Waals surface area contributed by atoms with Gasteiger partial charge in [0, 0.05) is 23.9 Å². The van der Waals surface area contributed by atoms with E-state index in [4.69, 9.17) is 4.74 Å². The van der Waals surface area contributed by atoms with Crippen molar-refractivity contribution in [2.45, 2.75) is 13.0 Å². The fourth-order valence-electron chi connectivity index (χ4n) is 3.36. The van der Waals surface area contributed by atoms with Crippen LogP contribution < -0.4 is 10.1 Å². The Balaban J connectivity index is 1.68. The number of methoxy groups -OCH3 is 1. The summed E-state index contributed by atoms with van der Waals surface area (Å²) in [6.07, 6.45) is 3.53. The third-order valence-electron chi connectivity index (χ3n) is 4.98. The van der Waals surface area contributed by atoms with Crippen molar-refractivity contribution in [3.05, 3.63) is 88.2 Å². The minimum Gasteiger partial charge on any atom is -0.497 e. The number of nitrogens with zero attached hydrogens (tertiary/aromatic N) is 5. The second kappa shape index (κ2) is 8.73. The van der Waals surface area contributed by atoms with Crippen LogP contribution in [0, 0.1) is 6.92 Å². The number of hydrogen-bond donors (Lipinski definition) is 1. The van der Waals surface area contributed by atoms with Gasteiger partial charge >= 0.3 is 0 Å². The summed E-state index contributed by atoms with van der Waals surface area (Å²) in [6.45, 7) is 1.82. The summed E-state index contributed by atoms with van der Waals surface area (Å²) in [5.41, 5.74) is 2.55. The van der Waals surface area contributed by atoms with Gasteiger partial charge in [0.2, 0.25) is 0 Å². The fraction of sp³-hybridized carbons (Fsp3) is 0.182. The first kappa shape index (κ1) is 20.8. The van der Waals surface area contributed by atoms with Crippen molar-refractivity contribution < 1.29 is 9.53 Å². The topological polar surface area (TPSA) is 86.9 Å². The van der Waals surface area contributed by atoms with Gasteiger partial charge in [-0.05, 0) is 42.8 Å². The molecule has 4 aromatic rings. The van der Waals surface area contributed by atoms with Crippen LogP contribution in [0.2, 0.25) is 0 Å². The number of halogens is 1. The molecule has 1 N–H and O–H groups in total. The number of carbonyl (C=O) groups excluding carboxylic acids is 1. The maximum absolute atomic E-state index is 13.2. The van der Waals surface area contributed by atoms with Crippen LogP contribution in [0.1, 0.15) is 33.6 Å². The van der Waals surface area contributed by atoms with Crippen molar-refractivity contribution in [3.8, 4) is 11.4 Å². The predicted octanol–water partition coefficient (Wildman–Crippen LogP) is 3.60. The molecular formula is C22H21BrN6O2. The minimum atomic E-state index is -0.488. The minimum absolute atomic E-state index is 0.252. The Bertz CT molecular complexity index is 1230. The van der Waals surface area contributed by atoms with E-state index in [0.717, 1.165) is 15.7 Å². The van der Waals surface area contributed by atoms with E-state index in [1.807, 2.05) is 73.3 Å². The number of ether oxygens (including phenoxy) is 1. The van der Waals surface area contributed by atoms with Crippen LogP contribution in [0.25, 0.3) is 5.69 Å². The molecule has 0 aliphatic rings. The highest BCUT2D eigenvalue weighted by molar-refractivity contribution is 9.10. The highest BCUT2D eigenvalue weighted by atomic mass is 79.9. The molecule has 1 unspecified atom stereocenters. The molecule has 2 aromatic carbocycles. The van der Waals surface area contributed by atoms with Gasteiger partial charge in [0.1, 0.15) is 17.6 Å². The molecule has 158 valence electrons. The lowest BCUT2D eigenvalue weighted by molar-refractivity contribution is 0.0935. The lowest BCUT2D eigenvalue weighted by atomic mass is 10.1. The van der Waals surface area contributed by atoms with Gasteiger partial charge < -0.3 is 14.6 Å². The second-order valence-electron chi connectivity index (χ2n) is 6.99. The Morgan fingerprint density at radius 2 is 2.00 bits per heavy atom. The number of imidazole rings is 1. The Hall–Kier alpha value is -3.46. The van der Waals surface area contributed by atoms with E-state index in [1.54, 1.807) is 18.0 Å². The predicted molar refractivity (Wildman–Crippen MR) is 119 cm³/mol. The average Bonchev–Trinajstić information content (AvgIpc) is 3.37. The van der Waals surface area contributed by atoms with Crippen molar-refractivity contribution in [1.82, 2.24) is 29.9 Å². The van der Waals surface area contributed by atoms with Gasteiger partial charge in [-0.25, -0.2) is 9.67 Å². The van der Waals surface area contributed by atoms with Crippen molar-refractivity contribution in [1.29, 1.82) is 0 Å². The van der Waals surface area contributed by atoms with E-state index < -0.39 is 6.04 Å². The fourth-order valence-corrected chi connectivity index (χ4v) is 3.75. The van der Waals surface area contributed by atoms with Crippen LogP contribution in [0.15, 0.2) is 65.4 Å². The van der Waals surface area contributed by atoms with Gasteiger partial charge in [-0.1, -0.05) is 39.3 Å². The van der Waals surface area contributed by atoms with Gasteiger partial charge in [0.25, 0.3) is 5.91 Å². The van der Waals surface area contributed by atoms with Crippen molar-refractivity contribution in [3.63, 3.8) is 0 Å². The Morgan fingerprint density at radius 3 is 2.71 bits per heavy atom. The molecule has 0 aliphatic heterocycles. The Kier molecular flexibility index (Phi) is 5.85. The summed E-state index contributed by atoms with van der Waals surface area (Å²) < 4.78 is 9.78. The highest BCUT2D eigenvalue weighted by Gasteiger charge is 2.25. The molecule has 0 saturated carbocycles. The van der Waals surface area contributed by atoms with E-state index in [1.165, 1.54) is 0 Å².